The zero-order chi connectivity index (χ0) is 24.5. The largest absolute Gasteiger partial charge is 0.792 e. The third-order valence-electron chi connectivity index (χ3n) is 6.29. The summed E-state index contributed by atoms with van der Waals surface area (Å²) in [5, 5.41) is 13.5. The summed E-state index contributed by atoms with van der Waals surface area (Å²) in [4.78, 5) is 16.8. The summed E-state index contributed by atoms with van der Waals surface area (Å²) in [6.45, 7) is 2.56. The van der Waals surface area contributed by atoms with E-state index in [2.05, 4.69) is 22.3 Å². The van der Waals surface area contributed by atoms with Gasteiger partial charge in [0.2, 0.25) is 0 Å². The zero-order valence-electron chi connectivity index (χ0n) is 20.0. The Bertz CT molecular complexity index is 1210. The van der Waals surface area contributed by atoms with Crippen LogP contribution in [0.25, 0.3) is 0 Å². The molecule has 35 heavy (non-hydrogen) atoms. The Morgan fingerprint density at radius 2 is 2.09 bits per heavy atom. The SMILES string of the molecule is C\C=C/C(=C\C=N\[O-])CCc1c(O[C@H](Cn2ccnc2)c2ccccc2)ccc2c1CCCC2=O. The molecule has 0 N–H and O–H groups in total. The van der Waals surface area contributed by atoms with E-state index in [4.69, 9.17) is 4.74 Å². The number of carbonyl (C=O) groups is 1. The number of nitrogens with zero attached hydrogens (tertiary/aromatic N) is 3. The molecular weight excluding hydrogens is 438 g/mol. The number of rotatable bonds is 10. The quantitative estimate of drug-likeness (QED) is 0.201. The number of ketones is 1. The van der Waals surface area contributed by atoms with Gasteiger partial charge in [0.05, 0.1) is 12.9 Å². The van der Waals surface area contributed by atoms with Gasteiger partial charge in [-0.2, -0.15) is 0 Å². The highest BCUT2D eigenvalue weighted by molar-refractivity contribution is 5.99. The summed E-state index contributed by atoms with van der Waals surface area (Å²) in [5.41, 5.74) is 5.03. The number of imidazole rings is 1. The molecule has 0 fully saturated rings. The van der Waals surface area contributed by atoms with Crippen molar-refractivity contribution in [2.75, 3.05) is 0 Å². The normalized spacial score (nSPS) is 15.0. The Labute approximate surface area is 206 Å². The summed E-state index contributed by atoms with van der Waals surface area (Å²) in [5.74, 6) is 0.990. The first-order valence-electron chi connectivity index (χ1n) is 12.0. The van der Waals surface area contributed by atoms with Gasteiger partial charge in [0.15, 0.2) is 5.78 Å². The average Bonchev–Trinajstić information content (AvgIpc) is 3.40. The lowest BCUT2D eigenvalue weighted by Crippen LogP contribution is -2.18. The van der Waals surface area contributed by atoms with Crippen LogP contribution in [0.5, 0.6) is 5.75 Å². The van der Waals surface area contributed by atoms with Crippen molar-refractivity contribution in [1.29, 1.82) is 0 Å². The van der Waals surface area contributed by atoms with Crippen molar-refractivity contribution in [3.63, 3.8) is 0 Å². The van der Waals surface area contributed by atoms with Crippen LogP contribution >= 0.6 is 0 Å². The second-order valence-electron chi connectivity index (χ2n) is 8.62. The van der Waals surface area contributed by atoms with Gasteiger partial charge < -0.3 is 19.7 Å². The lowest BCUT2D eigenvalue weighted by Gasteiger charge is -2.26. The van der Waals surface area contributed by atoms with Gasteiger partial charge in [-0.3, -0.25) is 4.79 Å². The molecule has 0 spiro atoms. The van der Waals surface area contributed by atoms with E-state index in [1.807, 2.05) is 60.2 Å². The van der Waals surface area contributed by atoms with Gasteiger partial charge in [0, 0.05) is 30.6 Å². The van der Waals surface area contributed by atoms with Gasteiger partial charge in [-0.05, 0) is 73.1 Å². The van der Waals surface area contributed by atoms with Crippen molar-refractivity contribution in [3.05, 3.63) is 112 Å². The lowest BCUT2D eigenvalue weighted by atomic mass is 9.85. The maximum Gasteiger partial charge on any atom is 0.163 e. The molecule has 180 valence electrons. The van der Waals surface area contributed by atoms with Crippen molar-refractivity contribution in [3.8, 4) is 5.75 Å². The number of ether oxygens (including phenoxy) is 1. The molecule has 1 aliphatic carbocycles. The molecule has 0 aliphatic heterocycles. The number of aromatic nitrogens is 2. The number of carbonyl (C=O) groups excluding carboxylic acids is 1. The zero-order valence-corrected chi connectivity index (χ0v) is 20.0. The van der Waals surface area contributed by atoms with E-state index < -0.39 is 0 Å². The maximum atomic E-state index is 12.7. The summed E-state index contributed by atoms with van der Waals surface area (Å²) in [6, 6.07) is 14.0. The Hall–Kier alpha value is -3.93. The molecule has 0 bridgehead atoms. The molecule has 1 heterocycles. The molecule has 6 nitrogen and oxygen atoms in total. The van der Waals surface area contributed by atoms with Crippen molar-refractivity contribution >= 4 is 12.0 Å². The van der Waals surface area contributed by atoms with Crippen LogP contribution in [-0.2, 0) is 19.4 Å². The highest BCUT2D eigenvalue weighted by Crippen LogP contribution is 2.35. The predicted octanol–water partition coefficient (Wildman–Crippen LogP) is 6.23. The smallest absolute Gasteiger partial charge is 0.163 e. The number of allylic oxidation sites excluding steroid dienone is 4. The van der Waals surface area contributed by atoms with Crippen LogP contribution in [0, 0.1) is 5.21 Å². The fourth-order valence-electron chi connectivity index (χ4n) is 4.61. The van der Waals surface area contributed by atoms with Crippen molar-refractivity contribution in [2.24, 2.45) is 5.16 Å². The predicted molar refractivity (Wildman–Crippen MR) is 139 cm³/mol. The third-order valence-corrected chi connectivity index (χ3v) is 6.29. The van der Waals surface area contributed by atoms with Crippen LogP contribution in [0.3, 0.4) is 0 Å². The summed E-state index contributed by atoms with van der Waals surface area (Å²) < 4.78 is 8.71. The number of benzene rings is 2. The van der Waals surface area contributed by atoms with Crippen molar-refractivity contribution in [2.45, 2.75) is 51.7 Å². The highest BCUT2D eigenvalue weighted by atomic mass is 16.5. The lowest BCUT2D eigenvalue weighted by molar-refractivity contribution is 0.0972. The van der Waals surface area contributed by atoms with E-state index in [0.29, 0.717) is 25.8 Å². The van der Waals surface area contributed by atoms with Gasteiger partial charge in [0.1, 0.15) is 11.9 Å². The second-order valence-corrected chi connectivity index (χ2v) is 8.62. The number of hydrogen-bond acceptors (Lipinski definition) is 5. The molecule has 0 saturated carbocycles. The molecule has 1 atom stereocenters. The molecule has 0 saturated heterocycles. The van der Waals surface area contributed by atoms with E-state index in [1.165, 1.54) is 6.21 Å². The summed E-state index contributed by atoms with van der Waals surface area (Å²) in [6.07, 6.45) is 15.9. The number of Topliss-reactive ketones (excluding diaryl/α,β-unsaturated/α-hetero) is 1. The van der Waals surface area contributed by atoms with E-state index in [-0.39, 0.29) is 11.9 Å². The first-order valence-corrected chi connectivity index (χ1v) is 12.0. The molecule has 0 unspecified atom stereocenters. The monoisotopic (exact) mass is 468 g/mol. The van der Waals surface area contributed by atoms with Crippen LogP contribution in [-0.4, -0.2) is 21.5 Å². The van der Waals surface area contributed by atoms with Crippen LogP contribution in [0.2, 0.25) is 0 Å². The standard InChI is InChI=1S/C29H31N3O3/c1-2-7-22(16-17-31-34)12-13-26-24-10-6-11-27(33)25(24)14-15-28(26)35-29(20-32-19-18-30-21-32)23-8-4-3-5-9-23/h2-5,7-9,14-19,21,29,34H,6,10-13,20H2,1H3/p-1/b7-2-,22-16+,31-17+/t29-/m1/s1. The molecule has 6 heteroatoms. The summed E-state index contributed by atoms with van der Waals surface area (Å²) in [7, 11) is 0. The molecule has 2 aromatic carbocycles. The van der Waals surface area contributed by atoms with E-state index in [1.54, 1.807) is 18.6 Å². The van der Waals surface area contributed by atoms with Gasteiger partial charge in [-0.15, -0.1) is 0 Å². The van der Waals surface area contributed by atoms with E-state index in [9.17, 15) is 10.0 Å². The van der Waals surface area contributed by atoms with Crippen LogP contribution in [0.1, 0.15) is 59.3 Å². The third kappa shape index (κ3) is 6.15. The van der Waals surface area contributed by atoms with Crippen LogP contribution in [0.15, 0.2) is 90.1 Å². The average molecular weight is 469 g/mol. The molecule has 1 aromatic heterocycles. The Morgan fingerprint density at radius 1 is 1.23 bits per heavy atom. The van der Waals surface area contributed by atoms with Crippen LogP contribution < -0.4 is 4.74 Å². The Morgan fingerprint density at radius 3 is 2.83 bits per heavy atom. The topological polar surface area (TPSA) is 79.5 Å². The Balaban J connectivity index is 1.70. The van der Waals surface area contributed by atoms with E-state index >= 15 is 0 Å². The van der Waals surface area contributed by atoms with E-state index in [0.717, 1.165) is 46.4 Å². The fraction of sp³-hybridized carbons (Fsp3) is 0.276. The fourth-order valence-corrected chi connectivity index (χ4v) is 4.61. The first-order chi connectivity index (χ1) is 17.2. The molecule has 3 aromatic rings. The molecule has 4 rings (SSSR count). The summed E-state index contributed by atoms with van der Waals surface area (Å²) >= 11 is 0. The van der Waals surface area contributed by atoms with Gasteiger partial charge in [0.25, 0.3) is 0 Å². The number of fused-ring (bicyclic) bond motifs is 1. The minimum Gasteiger partial charge on any atom is -0.792 e. The van der Waals surface area contributed by atoms with Gasteiger partial charge in [-0.1, -0.05) is 42.5 Å². The molecule has 1 aliphatic rings. The molecular formula is C29H30N3O3-. The Kier molecular flexibility index (Phi) is 8.28. The van der Waals surface area contributed by atoms with Crippen molar-refractivity contribution < 1.29 is 9.53 Å². The minimum absolute atomic E-state index is 0.194. The minimum atomic E-state index is -0.223. The number of hydrogen-bond donors (Lipinski definition) is 0. The van der Waals surface area contributed by atoms with Gasteiger partial charge in [-0.25, -0.2) is 4.98 Å². The highest BCUT2D eigenvalue weighted by Gasteiger charge is 2.24. The van der Waals surface area contributed by atoms with Crippen molar-refractivity contribution in [1.82, 2.24) is 9.55 Å². The molecule has 0 radical (unpaired) electrons. The first kappa shape index (κ1) is 24.2. The second kappa shape index (κ2) is 12.0. The maximum absolute atomic E-state index is 12.7. The van der Waals surface area contributed by atoms with Crippen LogP contribution in [0.4, 0.5) is 0 Å². The molecule has 0 amide bonds. The van der Waals surface area contributed by atoms with Gasteiger partial charge >= 0.3 is 0 Å².